The molecule has 6 nitrogen and oxygen atoms in total. The summed E-state index contributed by atoms with van der Waals surface area (Å²) in [6.07, 6.45) is 0.676. The first kappa shape index (κ1) is 14.7. The third-order valence-electron chi connectivity index (χ3n) is 2.93. The summed E-state index contributed by atoms with van der Waals surface area (Å²) in [4.78, 5) is 22.6. The van der Waals surface area contributed by atoms with E-state index in [1.54, 1.807) is 0 Å². The van der Waals surface area contributed by atoms with Gasteiger partial charge in [0, 0.05) is 13.5 Å². The maximum absolute atomic E-state index is 13.8. The molecule has 0 aliphatic heterocycles. The molecule has 2 N–H and O–H groups in total. The molecule has 7 heteroatoms. The van der Waals surface area contributed by atoms with Gasteiger partial charge < -0.3 is 10.4 Å². The molecule has 0 radical (unpaired) electrons. The largest absolute Gasteiger partial charge is 0.476 e. The molecule has 0 unspecified atom stereocenters. The Morgan fingerprint density at radius 3 is 2.57 bits per heavy atom. The van der Waals surface area contributed by atoms with Crippen molar-refractivity contribution in [2.75, 3.05) is 5.32 Å². The Kier molecular flexibility index (Phi) is 4.32. The lowest BCUT2D eigenvalue weighted by molar-refractivity contribution is -0.116. The molecule has 1 amide bonds. The Labute approximate surface area is 120 Å². The summed E-state index contributed by atoms with van der Waals surface area (Å²) in [5.41, 5.74) is 0.278. The maximum Gasteiger partial charge on any atom is 0.359 e. The van der Waals surface area contributed by atoms with Crippen LogP contribution in [0.25, 0.3) is 0 Å². The van der Waals surface area contributed by atoms with Crippen LogP contribution in [0.3, 0.4) is 0 Å². The van der Waals surface area contributed by atoms with Gasteiger partial charge in [-0.2, -0.15) is 5.10 Å². The van der Waals surface area contributed by atoms with E-state index in [0.717, 1.165) is 10.2 Å². The molecule has 1 aromatic heterocycles. The minimum atomic E-state index is -1.48. The Balaban J connectivity index is 2.02. The van der Waals surface area contributed by atoms with Crippen LogP contribution in [0.15, 0.2) is 30.3 Å². The van der Waals surface area contributed by atoms with Gasteiger partial charge in [0.1, 0.15) is 0 Å². The SMILES string of the molecule is Cn1nc(C(=O)O)c(F)c1NC(=O)CCc1ccccc1. The number of carboxylic acid groups (broad SMARTS) is 1. The lowest BCUT2D eigenvalue weighted by Crippen LogP contribution is -2.15. The highest BCUT2D eigenvalue weighted by molar-refractivity contribution is 5.92. The van der Waals surface area contributed by atoms with Gasteiger partial charge in [-0.15, -0.1) is 0 Å². The highest BCUT2D eigenvalue weighted by atomic mass is 19.1. The zero-order valence-corrected chi connectivity index (χ0v) is 11.3. The van der Waals surface area contributed by atoms with Gasteiger partial charge in [0.25, 0.3) is 0 Å². The number of aromatic nitrogens is 2. The minimum absolute atomic E-state index is 0.164. The molecule has 2 aromatic rings. The number of carbonyl (C=O) groups is 2. The third kappa shape index (κ3) is 3.44. The number of amides is 1. The predicted octanol–water partition coefficient (Wildman–Crippen LogP) is 1.83. The monoisotopic (exact) mass is 291 g/mol. The Morgan fingerprint density at radius 2 is 2.00 bits per heavy atom. The lowest BCUT2D eigenvalue weighted by Gasteiger charge is -2.05. The van der Waals surface area contributed by atoms with E-state index in [0.29, 0.717) is 6.42 Å². The van der Waals surface area contributed by atoms with Crippen molar-refractivity contribution in [3.8, 4) is 0 Å². The van der Waals surface area contributed by atoms with E-state index in [9.17, 15) is 14.0 Å². The van der Waals surface area contributed by atoms with Gasteiger partial charge >= 0.3 is 5.97 Å². The number of rotatable bonds is 5. The Bertz CT molecular complexity index is 668. The molecule has 21 heavy (non-hydrogen) atoms. The van der Waals surface area contributed by atoms with Crippen LogP contribution in [0, 0.1) is 5.82 Å². The summed E-state index contributed by atoms with van der Waals surface area (Å²) in [6, 6.07) is 9.39. The molecule has 0 atom stereocenters. The van der Waals surface area contributed by atoms with E-state index in [4.69, 9.17) is 5.11 Å². The molecule has 110 valence electrons. The van der Waals surface area contributed by atoms with E-state index in [1.165, 1.54) is 7.05 Å². The molecule has 1 heterocycles. The first-order chi connectivity index (χ1) is 9.99. The number of aromatic carboxylic acids is 1. The lowest BCUT2D eigenvalue weighted by atomic mass is 10.1. The van der Waals surface area contributed by atoms with Crippen LogP contribution in [0.1, 0.15) is 22.5 Å². The fourth-order valence-corrected chi connectivity index (χ4v) is 1.87. The van der Waals surface area contributed by atoms with Gasteiger partial charge in [-0.25, -0.2) is 13.9 Å². The number of hydrogen-bond donors (Lipinski definition) is 2. The number of benzene rings is 1. The normalized spacial score (nSPS) is 10.4. The van der Waals surface area contributed by atoms with Crippen LogP contribution in [-0.4, -0.2) is 26.8 Å². The number of hydrogen-bond acceptors (Lipinski definition) is 3. The van der Waals surface area contributed by atoms with Crippen LogP contribution in [0.5, 0.6) is 0 Å². The quantitative estimate of drug-likeness (QED) is 0.880. The van der Waals surface area contributed by atoms with Crippen molar-refractivity contribution in [3.05, 3.63) is 47.4 Å². The number of anilines is 1. The molecular formula is C14H14FN3O3. The average molecular weight is 291 g/mol. The molecule has 0 fully saturated rings. The van der Waals surface area contributed by atoms with Gasteiger partial charge in [-0.3, -0.25) is 4.79 Å². The zero-order valence-electron chi connectivity index (χ0n) is 11.3. The molecule has 0 aliphatic rings. The van der Waals surface area contributed by atoms with E-state index in [1.807, 2.05) is 30.3 Å². The zero-order chi connectivity index (χ0) is 15.4. The Morgan fingerprint density at radius 1 is 1.33 bits per heavy atom. The van der Waals surface area contributed by atoms with Crippen molar-refractivity contribution in [2.45, 2.75) is 12.8 Å². The fourth-order valence-electron chi connectivity index (χ4n) is 1.87. The van der Waals surface area contributed by atoms with Crippen molar-refractivity contribution in [1.82, 2.24) is 9.78 Å². The molecule has 0 saturated carbocycles. The van der Waals surface area contributed by atoms with Gasteiger partial charge in [0.15, 0.2) is 11.6 Å². The minimum Gasteiger partial charge on any atom is -0.476 e. The molecule has 1 aromatic carbocycles. The average Bonchev–Trinajstić information content (AvgIpc) is 2.74. The van der Waals surface area contributed by atoms with Crippen molar-refractivity contribution in [3.63, 3.8) is 0 Å². The molecule has 2 rings (SSSR count). The van der Waals surface area contributed by atoms with Gasteiger partial charge in [-0.1, -0.05) is 30.3 Å². The number of halogens is 1. The maximum atomic E-state index is 13.8. The van der Waals surface area contributed by atoms with E-state index >= 15 is 0 Å². The number of nitrogens with zero attached hydrogens (tertiary/aromatic N) is 2. The van der Waals surface area contributed by atoms with Gasteiger partial charge in [0.05, 0.1) is 0 Å². The topological polar surface area (TPSA) is 84.2 Å². The number of carbonyl (C=O) groups excluding carboxylic acids is 1. The van der Waals surface area contributed by atoms with E-state index < -0.39 is 23.4 Å². The van der Waals surface area contributed by atoms with Crippen molar-refractivity contribution in [2.24, 2.45) is 7.05 Å². The van der Waals surface area contributed by atoms with Gasteiger partial charge in [-0.05, 0) is 12.0 Å². The number of aryl methyl sites for hydroxylation is 2. The first-order valence-electron chi connectivity index (χ1n) is 6.28. The van der Waals surface area contributed by atoms with Crippen molar-refractivity contribution < 1.29 is 19.1 Å². The summed E-state index contributed by atoms with van der Waals surface area (Å²) in [6.45, 7) is 0. The summed E-state index contributed by atoms with van der Waals surface area (Å²) in [7, 11) is 1.36. The predicted molar refractivity (Wildman–Crippen MR) is 73.5 cm³/mol. The summed E-state index contributed by atoms with van der Waals surface area (Å²) in [5, 5.41) is 14.6. The van der Waals surface area contributed by atoms with E-state index in [-0.39, 0.29) is 12.2 Å². The van der Waals surface area contributed by atoms with Crippen LogP contribution < -0.4 is 5.32 Å². The second-order valence-electron chi connectivity index (χ2n) is 4.47. The first-order valence-corrected chi connectivity index (χ1v) is 6.28. The second-order valence-corrected chi connectivity index (χ2v) is 4.47. The molecular weight excluding hydrogens is 277 g/mol. The van der Waals surface area contributed by atoms with Crippen LogP contribution in [0.4, 0.5) is 10.2 Å². The standard InChI is InChI=1S/C14H14FN3O3/c1-18-13(11(15)12(17-18)14(20)21)16-10(19)8-7-9-5-3-2-4-6-9/h2-6H,7-8H2,1H3,(H,16,19)(H,20,21). The van der Waals surface area contributed by atoms with Crippen LogP contribution in [-0.2, 0) is 18.3 Å². The fraction of sp³-hybridized carbons (Fsp3) is 0.214. The highest BCUT2D eigenvalue weighted by Gasteiger charge is 2.22. The number of nitrogens with one attached hydrogen (secondary N) is 1. The molecule has 0 aliphatic carbocycles. The third-order valence-corrected chi connectivity index (χ3v) is 2.93. The molecule has 0 bridgehead atoms. The van der Waals surface area contributed by atoms with Crippen molar-refractivity contribution >= 4 is 17.7 Å². The second kappa shape index (κ2) is 6.17. The number of carboxylic acids is 1. The highest BCUT2D eigenvalue weighted by Crippen LogP contribution is 2.17. The smallest absolute Gasteiger partial charge is 0.359 e. The summed E-state index contributed by atoms with van der Waals surface area (Å²) in [5.74, 6) is -3.17. The summed E-state index contributed by atoms with van der Waals surface area (Å²) < 4.78 is 14.8. The van der Waals surface area contributed by atoms with Crippen LogP contribution in [0.2, 0.25) is 0 Å². The van der Waals surface area contributed by atoms with Gasteiger partial charge in [0.2, 0.25) is 11.6 Å². The summed E-state index contributed by atoms with van der Waals surface area (Å²) >= 11 is 0. The molecule has 0 spiro atoms. The van der Waals surface area contributed by atoms with Crippen molar-refractivity contribution in [1.29, 1.82) is 0 Å². The Hall–Kier alpha value is -2.70. The van der Waals surface area contributed by atoms with E-state index in [2.05, 4.69) is 10.4 Å². The molecule has 0 saturated heterocycles. The van der Waals surface area contributed by atoms with Crippen LogP contribution >= 0.6 is 0 Å².